The van der Waals surface area contributed by atoms with Crippen LogP contribution in [0, 0.1) is 6.92 Å². The normalized spacial score (nSPS) is 11.3. The van der Waals surface area contributed by atoms with Gasteiger partial charge < -0.3 is 0 Å². The number of rotatable bonds is 6. The van der Waals surface area contributed by atoms with Gasteiger partial charge in [-0.15, -0.1) is 69.1 Å². The Hall–Kier alpha value is -2.22. The number of benzene rings is 4. The number of halogens is 2. The molecule has 0 N–H and O–H groups in total. The molecule has 0 aliphatic carbocycles. The van der Waals surface area contributed by atoms with E-state index in [1.807, 2.05) is 0 Å². The van der Waals surface area contributed by atoms with Crippen molar-refractivity contribution in [1.82, 2.24) is 0 Å². The van der Waals surface area contributed by atoms with Crippen molar-refractivity contribution in [1.29, 1.82) is 0 Å². The summed E-state index contributed by atoms with van der Waals surface area (Å²) in [5.41, 5.74) is 10.9. The first kappa shape index (κ1) is 39.2. The fraction of sp³-hybridized carbons (Fsp3) is 0.302. The summed E-state index contributed by atoms with van der Waals surface area (Å²) in [5, 5.41) is 5.43. The van der Waals surface area contributed by atoms with E-state index in [0.29, 0.717) is 17.8 Å². The van der Waals surface area contributed by atoms with Crippen LogP contribution in [0.5, 0.6) is 0 Å². The standard InChI is InChI=1S/C21H23.C20H21.C2H6Si.2ClH.Zr/c1-14(2)16-8-10-17(11-9-16)20-7-5-6-18-12-19(15(3)4)13-21(18)20;1-4-15(3)16-8-10-17(11-9-16)19-7-5-6-18-12-14(2)13-20(18)19;1-3-2;;;/h5-15H,1-4H3;5-13,15H,4H2,1-3H3;1-2H3;2*1H;/q2*-1;;;;+4/p-2. The van der Waals surface area contributed by atoms with Gasteiger partial charge >= 0.3 is 37.9 Å². The molecule has 0 saturated heterocycles. The molecule has 0 aliphatic heterocycles. The molecule has 0 aromatic heterocycles. The zero-order valence-electron chi connectivity index (χ0n) is 29.6. The van der Waals surface area contributed by atoms with E-state index in [-0.39, 0.29) is 0 Å². The predicted molar refractivity (Wildman–Crippen MR) is 211 cm³/mol. The van der Waals surface area contributed by atoms with Gasteiger partial charge in [0.1, 0.15) is 0 Å². The summed E-state index contributed by atoms with van der Waals surface area (Å²) in [6, 6.07) is 40.5. The molecule has 6 rings (SSSR count). The maximum atomic E-state index is 4.93. The molecule has 6 aromatic rings. The van der Waals surface area contributed by atoms with Gasteiger partial charge in [0, 0.05) is 9.52 Å². The van der Waals surface area contributed by atoms with Gasteiger partial charge in [0.2, 0.25) is 0 Å². The summed E-state index contributed by atoms with van der Waals surface area (Å²) in [6.45, 7) is 20.0. The fourth-order valence-electron chi connectivity index (χ4n) is 5.75. The second-order valence-electron chi connectivity index (χ2n) is 12.9. The van der Waals surface area contributed by atoms with Gasteiger partial charge in [0.05, 0.1) is 0 Å². The van der Waals surface area contributed by atoms with Crippen molar-refractivity contribution >= 4 is 48.1 Å². The van der Waals surface area contributed by atoms with Gasteiger partial charge in [0.15, 0.2) is 0 Å². The molecule has 0 heterocycles. The molecule has 47 heavy (non-hydrogen) atoms. The van der Waals surface area contributed by atoms with Crippen LogP contribution in [-0.4, -0.2) is 9.52 Å². The molecule has 1 atom stereocenters. The van der Waals surface area contributed by atoms with Crippen molar-refractivity contribution in [2.24, 2.45) is 0 Å². The number of hydrogen-bond acceptors (Lipinski definition) is 0. The minimum atomic E-state index is -0.826. The Morgan fingerprint density at radius 2 is 1.09 bits per heavy atom. The second-order valence-corrected chi connectivity index (χ2v) is 17.6. The van der Waals surface area contributed by atoms with E-state index in [2.05, 4.69) is 171 Å². The molecule has 0 saturated carbocycles. The van der Waals surface area contributed by atoms with Crippen LogP contribution in [0.25, 0.3) is 43.8 Å². The average molecular weight is 757 g/mol. The molecular weight excluding hydrogens is 707 g/mol. The molecule has 0 bridgehead atoms. The number of fused-ring (bicyclic) bond motifs is 2. The molecule has 244 valence electrons. The van der Waals surface area contributed by atoms with E-state index >= 15 is 0 Å². The molecule has 4 heteroatoms. The summed E-state index contributed by atoms with van der Waals surface area (Å²) >= 11 is -0.826. The zero-order chi connectivity index (χ0) is 34.5. The Labute approximate surface area is 306 Å². The third-order valence-corrected chi connectivity index (χ3v) is 8.63. The van der Waals surface area contributed by atoms with Crippen LogP contribution in [0.15, 0.2) is 109 Å². The Balaban J connectivity index is 0.000000219. The van der Waals surface area contributed by atoms with Crippen LogP contribution in [-0.2, 0) is 20.8 Å². The quantitative estimate of drug-likeness (QED) is 0.117. The van der Waals surface area contributed by atoms with Crippen LogP contribution in [0.2, 0.25) is 13.1 Å². The maximum absolute atomic E-state index is 4.93. The van der Waals surface area contributed by atoms with Crippen LogP contribution >= 0.6 is 17.0 Å². The molecule has 0 aliphatic rings. The van der Waals surface area contributed by atoms with Gasteiger partial charge in [0.25, 0.3) is 0 Å². The van der Waals surface area contributed by atoms with Gasteiger partial charge in [-0.3, -0.25) is 0 Å². The summed E-state index contributed by atoms with van der Waals surface area (Å²) in [4.78, 5) is 0. The third kappa shape index (κ3) is 10.9. The van der Waals surface area contributed by atoms with Crippen LogP contribution in [0.1, 0.15) is 88.0 Å². The fourth-order valence-corrected chi connectivity index (χ4v) is 5.75. The first-order valence-corrected chi connectivity index (χ1v) is 25.0. The first-order chi connectivity index (χ1) is 22.6. The molecule has 0 fully saturated rings. The topological polar surface area (TPSA) is 0 Å². The summed E-state index contributed by atoms with van der Waals surface area (Å²) in [6.07, 6.45) is 1.19. The van der Waals surface area contributed by atoms with Crippen LogP contribution in [0.4, 0.5) is 0 Å². The summed E-state index contributed by atoms with van der Waals surface area (Å²) < 4.78 is 0. The van der Waals surface area contributed by atoms with Gasteiger partial charge in [-0.25, -0.2) is 0 Å². The average Bonchev–Trinajstić information content (AvgIpc) is 3.69. The van der Waals surface area contributed by atoms with E-state index < -0.39 is 20.8 Å². The van der Waals surface area contributed by atoms with E-state index in [1.54, 1.807) is 0 Å². The number of hydrogen-bond donors (Lipinski definition) is 0. The number of aryl methyl sites for hydroxylation is 1. The molecule has 1 unspecified atom stereocenters. The van der Waals surface area contributed by atoms with Gasteiger partial charge in [-0.05, 0) is 46.4 Å². The van der Waals surface area contributed by atoms with Crippen molar-refractivity contribution in [3.8, 4) is 22.3 Å². The van der Waals surface area contributed by atoms with E-state index in [1.165, 1.54) is 72.5 Å². The minimum absolute atomic E-state index is 0.577. The van der Waals surface area contributed by atoms with Crippen molar-refractivity contribution < 1.29 is 20.8 Å². The van der Waals surface area contributed by atoms with Gasteiger partial charge in [-0.2, -0.15) is 12.1 Å². The zero-order valence-corrected chi connectivity index (χ0v) is 34.6. The Kier molecular flexibility index (Phi) is 16.4. The SMILES string of the molecule is CC(C)c1ccc(-c2cccc3[cH-]c(C(C)C)cc23)cc1.CCC(C)c1ccc(-c2cccc3[cH-]c(C)cc23)cc1.C[Si]C.[Cl][Zr+2][Cl]. The van der Waals surface area contributed by atoms with Crippen LogP contribution < -0.4 is 0 Å². The monoisotopic (exact) mass is 754 g/mol. The molecule has 6 aromatic carbocycles. The van der Waals surface area contributed by atoms with Crippen molar-refractivity contribution in [3.63, 3.8) is 0 Å². The summed E-state index contributed by atoms with van der Waals surface area (Å²) in [5.74, 6) is 1.80. The van der Waals surface area contributed by atoms with Crippen molar-refractivity contribution in [2.75, 3.05) is 0 Å². The third-order valence-electron chi connectivity index (χ3n) is 8.63. The molecule has 0 amide bonds. The van der Waals surface area contributed by atoms with E-state index in [9.17, 15) is 0 Å². The predicted octanol–water partition coefficient (Wildman–Crippen LogP) is 14.7. The second kappa shape index (κ2) is 19.7. The Morgan fingerprint density at radius 1 is 0.638 bits per heavy atom. The molecule has 0 spiro atoms. The van der Waals surface area contributed by atoms with Crippen molar-refractivity contribution in [3.05, 3.63) is 131 Å². The first-order valence-electron chi connectivity index (χ1n) is 16.7. The van der Waals surface area contributed by atoms with Gasteiger partial charge in [-0.1, -0.05) is 133 Å². The Bertz CT molecular complexity index is 1770. The summed E-state index contributed by atoms with van der Waals surface area (Å²) in [7, 11) is 11.0. The molecule has 0 nitrogen and oxygen atoms in total. The molecular formula is C43H50Cl2SiZr. The Morgan fingerprint density at radius 3 is 1.53 bits per heavy atom. The van der Waals surface area contributed by atoms with E-state index in [0.717, 1.165) is 9.52 Å². The van der Waals surface area contributed by atoms with Crippen LogP contribution in [0.3, 0.4) is 0 Å². The van der Waals surface area contributed by atoms with Crippen molar-refractivity contribution in [2.45, 2.75) is 85.7 Å². The van der Waals surface area contributed by atoms with E-state index in [4.69, 9.17) is 17.0 Å². The molecule has 2 radical (unpaired) electrons.